The minimum Gasteiger partial charge on any atom is -0.508 e. The highest BCUT2D eigenvalue weighted by molar-refractivity contribution is 5.95. The Balaban J connectivity index is 2.86. The maximum Gasteiger partial charge on any atom is 0.270 e. The summed E-state index contributed by atoms with van der Waals surface area (Å²) >= 11 is 0. The van der Waals surface area contributed by atoms with E-state index in [1.807, 2.05) is 44.2 Å². The number of carbonyl (C=O) groups is 1. The normalized spacial score (nSPS) is 13.0. The van der Waals surface area contributed by atoms with Crippen LogP contribution in [0.2, 0.25) is 0 Å². The fourth-order valence-corrected chi connectivity index (χ4v) is 1.78. The molecule has 0 bridgehead atoms. The van der Waals surface area contributed by atoms with Crippen LogP contribution in [0, 0.1) is 0 Å². The predicted octanol–water partition coefficient (Wildman–Crippen LogP) is 3.51. The van der Waals surface area contributed by atoms with E-state index >= 15 is 0 Å². The molecule has 22 heavy (non-hydrogen) atoms. The molecule has 0 saturated heterocycles. The second-order valence-corrected chi connectivity index (χ2v) is 4.62. The average Bonchev–Trinajstić information content (AvgIpc) is 2.51. The zero-order chi connectivity index (χ0) is 16.4. The standard InChI is InChI=1S/C18H22N2O2/c1-4-6-7-10-14(3)17(19-5-2)18(22)20-13-15-11-8-9-12-16(15)21/h4-12,21H,13H2,1-3H3,(H,20,22)/b6-4-,10-7-,17-14+,19-5?. The van der Waals surface area contributed by atoms with E-state index < -0.39 is 0 Å². The third-order valence-corrected chi connectivity index (χ3v) is 2.93. The molecule has 2 N–H and O–H groups in total. The molecule has 0 atom stereocenters. The summed E-state index contributed by atoms with van der Waals surface area (Å²) in [5, 5.41) is 12.5. The van der Waals surface area contributed by atoms with Crippen molar-refractivity contribution in [2.24, 2.45) is 4.99 Å². The van der Waals surface area contributed by atoms with Gasteiger partial charge in [0.1, 0.15) is 11.4 Å². The molecule has 1 aromatic rings. The zero-order valence-corrected chi connectivity index (χ0v) is 13.2. The number of amides is 1. The molecule has 1 rings (SSSR count). The van der Waals surface area contributed by atoms with Gasteiger partial charge in [-0.2, -0.15) is 0 Å². The van der Waals surface area contributed by atoms with E-state index in [-0.39, 0.29) is 18.2 Å². The number of hydrogen-bond donors (Lipinski definition) is 2. The summed E-state index contributed by atoms with van der Waals surface area (Å²) in [6, 6.07) is 6.91. The Morgan fingerprint density at radius 3 is 2.64 bits per heavy atom. The number of nitrogens with zero attached hydrogens (tertiary/aromatic N) is 1. The smallest absolute Gasteiger partial charge is 0.270 e. The van der Waals surface area contributed by atoms with Gasteiger partial charge in [0.2, 0.25) is 0 Å². The van der Waals surface area contributed by atoms with Gasteiger partial charge in [-0.1, -0.05) is 42.5 Å². The number of nitrogens with one attached hydrogen (secondary N) is 1. The van der Waals surface area contributed by atoms with E-state index in [0.717, 1.165) is 5.57 Å². The highest BCUT2D eigenvalue weighted by Crippen LogP contribution is 2.15. The van der Waals surface area contributed by atoms with Crippen molar-refractivity contribution in [3.8, 4) is 5.75 Å². The first-order chi connectivity index (χ1) is 10.6. The molecular weight excluding hydrogens is 276 g/mol. The van der Waals surface area contributed by atoms with Gasteiger partial charge >= 0.3 is 0 Å². The molecular formula is C18H22N2O2. The van der Waals surface area contributed by atoms with Crippen LogP contribution in [0.4, 0.5) is 0 Å². The molecule has 0 aliphatic rings. The van der Waals surface area contributed by atoms with E-state index in [1.165, 1.54) is 0 Å². The van der Waals surface area contributed by atoms with E-state index in [1.54, 1.807) is 31.3 Å². The lowest BCUT2D eigenvalue weighted by molar-refractivity contribution is -0.117. The van der Waals surface area contributed by atoms with E-state index in [2.05, 4.69) is 10.3 Å². The van der Waals surface area contributed by atoms with Gasteiger partial charge in [0.05, 0.1) is 0 Å². The van der Waals surface area contributed by atoms with Crippen molar-refractivity contribution in [2.45, 2.75) is 27.3 Å². The molecule has 0 aliphatic heterocycles. The van der Waals surface area contributed by atoms with Gasteiger partial charge in [-0.05, 0) is 32.4 Å². The molecule has 4 heteroatoms. The molecule has 0 aliphatic carbocycles. The molecule has 0 fully saturated rings. The fraction of sp³-hybridized carbons (Fsp3) is 0.222. The maximum atomic E-state index is 12.3. The second kappa shape index (κ2) is 9.34. The quantitative estimate of drug-likeness (QED) is 0.479. The molecule has 1 aromatic carbocycles. The lowest BCUT2D eigenvalue weighted by atomic mass is 10.1. The van der Waals surface area contributed by atoms with Crippen LogP contribution in [-0.2, 0) is 11.3 Å². The summed E-state index contributed by atoms with van der Waals surface area (Å²) < 4.78 is 0. The summed E-state index contributed by atoms with van der Waals surface area (Å²) in [6.45, 7) is 5.77. The van der Waals surface area contributed by atoms with Crippen LogP contribution in [0.5, 0.6) is 5.75 Å². The first-order valence-electron chi connectivity index (χ1n) is 7.14. The van der Waals surface area contributed by atoms with Crippen LogP contribution in [0.25, 0.3) is 0 Å². The minimum absolute atomic E-state index is 0.164. The number of rotatable bonds is 6. The molecule has 0 saturated carbocycles. The summed E-state index contributed by atoms with van der Waals surface area (Å²) in [7, 11) is 0. The van der Waals surface area contributed by atoms with Crippen molar-refractivity contribution < 1.29 is 9.90 Å². The summed E-state index contributed by atoms with van der Waals surface area (Å²) in [5.41, 5.74) is 1.79. The molecule has 0 aromatic heterocycles. The Labute approximate surface area is 131 Å². The first-order valence-corrected chi connectivity index (χ1v) is 7.14. The van der Waals surface area contributed by atoms with Gasteiger partial charge in [0, 0.05) is 18.3 Å². The van der Waals surface area contributed by atoms with E-state index in [4.69, 9.17) is 0 Å². The number of carbonyl (C=O) groups excluding carboxylic acids is 1. The SMILES string of the molecule is CC=N/C(C(=O)NCc1ccccc1O)=C(C)/C=C\C=C/C. The lowest BCUT2D eigenvalue weighted by Crippen LogP contribution is -2.24. The molecule has 0 unspecified atom stereocenters. The summed E-state index contributed by atoms with van der Waals surface area (Å²) in [5.74, 6) is -0.110. The zero-order valence-electron chi connectivity index (χ0n) is 13.2. The van der Waals surface area contributed by atoms with Crippen molar-refractivity contribution in [3.63, 3.8) is 0 Å². The van der Waals surface area contributed by atoms with E-state index in [0.29, 0.717) is 11.3 Å². The molecule has 4 nitrogen and oxygen atoms in total. The van der Waals surface area contributed by atoms with E-state index in [9.17, 15) is 9.90 Å². The van der Waals surface area contributed by atoms with Crippen LogP contribution in [0.1, 0.15) is 26.3 Å². The number of aromatic hydroxyl groups is 1. The second-order valence-electron chi connectivity index (χ2n) is 4.62. The summed E-state index contributed by atoms with van der Waals surface area (Å²) in [6.07, 6.45) is 9.07. The molecule has 0 radical (unpaired) electrons. The minimum atomic E-state index is -0.274. The van der Waals surface area contributed by atoms with Gasteiger partial charge in [0.15, 0.2) is 0 Å². The third kappa shape index (κ3) is 5.40. The van der Waals surface area contributed by atoms with Gasteiger partial charge in [-0.3, -0.25) is 9.79 Å². The highest BCUT2D eigenvalue weighted by atomic mass is 16.3. The Kier molecular flexibility index (Phi) is 7.40. The van der Waals surface area contributed by atoms with Crippen molar-refractivity contribution in [3.05, 3.63) is 65.4 Å². The fourth-order valence-electron chi connectivity index (χ4n) is 1.78. The molecule has 0 heterocycles. The van der Waals surface area contributed by atoms with Crippen LogP contribution >= 0.6 is 0 Å². The maximum absolute atomic E-state index is 12.3. The average molecular weight is 298 g/mol. The van der Waals surface area contributed by atoms with Crippen LogP contribution in [0.15, 0.2) is 64.8 Å². The first kappa shape index (κ1) is 17.4. The van der Waals surface area contributed by atoms with Gasteiger partial charge in [-0.15, -0.1) is 0 Å². The number of para-hydroxylation sites is 1. The third-order valence-electron chi connectivity index (χ3n) is 2.93. The number of aliphatic imine (C=N–C) groups is 1. The molecule has 0 spiro atoms. The Morgan fingerprint density at radius 1 is 1.27 bits per heavy atom. The van der Waals surface area contributed by atoms with Crippen LogP contribution in [-0.4, -0.2) is 17.2 Å². The Morgan fingerprint density at radius 2 is 2.00 bits per heavy atom. The highest BCUT2D eigenvalue weighted by Gasteiger charge is 2.11. The van der Waals surface area contributed by atoms with Crippen molar-refractivity contribution in [1.82, 2.24) is 5.32 Å². The lowest BCUT2D eigenvalue weighted by Gasteiger charge is -2.08. The van der Waals surface area contributed by atoms with Crippen molar-refractivity contribution >= 4 is 12.1 Å². The number of allylic oxidation sites excluding steroid dienone is 5. The summed E-state index contributed by atoms with van der Waals surface area (Å²) in [4.78, 5) is 16.4. The largest absolute Gasteiger partial charge is 0.508 e. The molecule has 1 amide bonds. The molecule has 116 valence electrons. The topological polar surface area (TPSA) is 61.7 Å². The van der Waals surface area contributed by atoms with Crippen molar-refractivity contribution in [2.75, 3.05) is 0 Å². The number of benzene rings is 1. The van der Waals surface area contributed by atoms with Crippen molar-refractivity contribution in [1.29, 1.82) is 0 Å². The number of phenolic OH excluding ortho intramolecular Hbond substituents is 1. The van der Waals surface area contributed by atoms with Crippen LogP contribution < -0.4 is 5.32 Å². The van der Waals surface area contributed by atoms with Gasteiger partial charge < -0.3 is 10.4 Å². The monoisotopic (exact) mass is 298 g/mol. The van der Waals surface area contributed by atoms with Gasteiger partial charge in [-0.25, -0.2) is 0 Å². The van der Waals surface area contributed by atoms with Gasteiger partial charge in [0.25, 0.3) is 5.91 Å². The number of phenols is 1. The van der Waals surface area contributed by atoms with Crippen LogP contribution in [0.3, 0.4) is 0 Å². The Bertz CT molecular complexity index is 626. The Hall–Kier alpha value is -2.62. The number of hydrogen-bond acceptors (Lipinski definition) is 3. The predicted molar refractivity (Wildman–Crippen MR) is 90.8 cm³/mol.